The van der Waals surface area contributed by atoms with Crippen molar-refractivity contribution >= 4 is 39.1 Å². The SMILES string of the molecule is COc1ccc(N(CC(=O)N(Cc2cccc(C)c2)[C@H](C)C(=O)NC(C)C)S(=O)(=O)c2ccc(C)cc2)cc1Cl. The lowest BCUT2D eigenvalue weighted by atomic mass is 10.1. The summed E-state index contributed by atoms with van der Waals surface area (Å²) in [5.41, 5.74) is 2.90. The zero-order chi connectivity index (χ0) is 29.6. The summed E-state index contributed by atoms with van der Waals surface area (Å²) < 4.78 is 34.1. The normalized spacial score (nSPS) is 12.1. The Morgan fingerprint density at radius 2 is 1.62 bits per heavy atom. The molecule has 214 valence electrons. The molecule has 0 saturated heterocycles. The van der Waals surface area contributed by atoms with Gasteiger partial charge in [-0.1, -0.05) is 59.1 Å². The van der Waals surface area contributed by atoms with Crippen LogP contribution in [-0.2, 0) is 26.2 Å². The number of nitrogens with one attached hydrogen (secondary N) is 1. The Hall–Kier alpha value is -3.56. The van der Waals surface area contributed by atoms with E-state index in [1.54, 1.807) is 25.1 Å². The van der Waals surface area contributed by atoms with Gasteiger partial charge in [-0.3, -0.25) is 13.9 Å². The van der Waals surface area contributed by atoms with Gasteiger partial charge >= 0.3 is 0 Å². The van der Waals surface area contributed by atoms with Gasteiger partial charge < -0.3 is 15.0 Å². The fraction of sp³-hybridized carbons (Fsp3) is 0.333. The molecule has 0 spiro atoms. The Kier molecular flexibility index (Phi) is 10.2. The van der Waals surface area contributed by atoms with E-state index in [2.05, 4.69) is 5.32 Å². The second-order valence-corrected chi connectivity index (χ2v) is 12.3. The summed E-state index contributed by atoms with van der Waals surface area (Å²) in [4.78, 5) is 28.4. The third kappa shape index (κ3) is 7.55. The molecule has 8 nitrogen and oxygen atoms in total. The summed E-state index contributed by atoms with van der Waals surface area (Å²) in [6.45, 7) is 8.66. The number of nitrogens with zero attached hydrogens (tertiary/aromatic N) is 2. The fourth-order valence-electron chi connectivity index (χ4n) is 4.17. The van der Waals surface area contributed by atoms with Crippen LogP contribution in [-0.4, -0.2) is 50.9 Å². The van der Waals surface area contributed by atoms with E-state index in [1.165, 1.54) is 36.3 Å². The number of hydrogen-bond donors (Lipinski definition) is 1. The summed E-state index contributed by atoms with van der Waals surface area (Å²) >= 11 is 6.36. The van der Waals surface area contributed by atoms with Crippen LogP contribution >= 0.6 is 11.6 Å². The van der Waals surface area contributed by atoms with Gasteiger partial charge in [0.2, 0.25) is 11.8 Å². The molecule has 0 aliphatic rings. The molecule has 3 rings (SSSR count). The molecule has 3 aromatic carbocycles. The topological polar surface area (TPSA) is 96.0 Å². The number of anilines is 1. The van der Waals surface area contributed by atoms with Gasteiger partial charge in [-0.15, -0.1) is 0 Å². The molecule has 0 aliphatic heterocycles. The summed E-state index contributed by atoms with van der Waals surface area (Å²) in [7, 11) is -2.74. The number of amides is 2. The summed E-state index contributed by atoms with van der Waals surface area (Å²) in [6, 6.07) is 17.5. The Labute approximate surface area is 241 Å². The monoisotopic (exact) mass is 585 g/mol. The number of benzene rings is 3. The van der Waals surface area contributed by atoms with E-state index < -0.39 is 28.5 Å². The number of aryl methyl sites for hydroxylation is 2. The first-order valence-electron chi connectivity index (χ1n) is 12.9. The van der Waals surface area contributed by atoms with Gasteiger partial charge in [0.05, 0.1) is 22.7 Å². The highest BCUT2D eigenvalue weighted by Crippen LogP contribution is 2.32. The first-order chi connectivity index (χ1) is 18.8. The second kappa shape index (κ2) is 13.2. The smallest absolute Gasteiger partial charge is 0.264 e. The molecule has 1 N–H and O–H groups in total. The average molecular weight is 586 g/mol. The fourth-order valence-corrected chi connectivity index (χ4v) is 5.83. The van der Waals surface area contributed by atoms with Crippen molar-refractivity contribution in [1.82, 2.24) is 10.2 Å². The maximum Gasteiger partial charge on any atom is 0.264 e. The molecular weight excluding hydrogens is 550 g/mol. The van der Waals surface area contributed by atoms with Crippen molar-refractivity contribution in [3.8, 4) is 5.75 Å². The van der Waals surface area contributed by atoms with Crippen LogP contribution in [0.4, 0.5) is 5.69 Å². The van der Waals surface area contributed by atoms with E-state index >= 15 is 0 Å². The number of rotatable bonds is 11. The van der Waals surface area contributed by atoms with E-state index in [9.17, 15) is 18.0 Å². The van der Waals surface area contributed by atoms with Crippen LogP contribution in [0.5, 0.6) is 5.75 Å². The van der Waals surface area contributed by atoms with Gasteiger partial charge in [-0.25, -0.2) is 8.42 Å². The molecule has 0 aliphatic carbocycles. The molecule has 0 heterocycles. The highest BCUT2D eigenvalue weighted by molar-refractivity contribution is 7.92. The highest BCUT2D eigenvalue weighted by Gasteiger charge is 2.33. The summed E-state index contributed by atoms with van der Waals surface area (Å²) in [5, 5.41) is 3.04. The van der Waals surface area contributed by atoms with E-state index in [0.717, 1.165) is 21.0 Å². The molecule has 0 fully saturated rings. The quantitative estimate of drug-likeness (QED) is 0.338. The maximum atomic E-state index is 14.0. The predicted molar refractivity (Wildman–Crippen MR) is 158 cm³/mol. The van der Waals surface area contributed by atoms with Crippen molar-refractivity contribution in [3.63, 3.8) is 0 Å². The van der Waals surface area contributed by atoms with Gasteiger partial charge in [-0.05, 0) is 70.5 Å². The van der Waals surface area contributed by atoms with Crippen molar-refractivity contribution in [1.29, 1.82) is 0 Å². The average Bonchev–Trinajstić information content (AvgIpc) is 2.89. The highest BCUT2D eigenvalue weighted by atomic mass is 35.5. The largest absolute Gasteiger partial charge is 0.495 e. The van der Waals surface area contributed by atoms with E-state index in [-0.39, 0.29) is 34.1 Å². The Morgan fingerprint density at radius 1 is 0.950 bits per heavy atom. The van der Waals surface area contributed by atoms with Crippen LogP contribution in [0.3, 0.4) is 0 Å². The van der Waals surface area contributed by atoms with Crippen LogP contribution in [0.2, 0.25) is 5.02 Å². The lowest BCUT2D eigenvalue weighted by Crippen LogP contribution is -2.52. The molecule has 0 radical (unpaired) electrons. The number of ether oxygens (including phenoxy) is 1. The summed E-state index contributed by atoms with van der Waals surface area (Å²) in [6.07, 6.45) is 0. The second-order valence-electron chi connectivity index (χ2n) is 9.99. The van der Waals surface area contributed by atoms with Crippen molar-refractivity contribution < 1.29 is 22.7 Å². The molecule has 0 saturated carbocycles. The van der Waals surface area contributed by atoms with Crippen LogP contribution in [0.25, 0.3) is 0 Å². The maximum absolute atomic E-state index is 14.0. The van der Waals surface area contributed by atoms with Gasteiger partial charge in [0.1, 0.15) is 18.3 Å². The Bertz CT molecular complexity index is 1460. The number of sulfonamides is 1. The zero-order valence-corrected chi connectivity index (χ0v) is 25.2. The molecule has 0 unspecified atom stereocenters. The zero-order valence-electron chi connectivity index (χ0n) is 23.6. The molecule has 10 heteroatoms. The number of carbonyl (C=O) groups excluding carboxylic acids is 2. The van der Waals surface area contributed by atoms with Crippen molar-refractivity contribution in [2.75, 3.05) is 18.0 Å². The predicted octanol–water partition coefficient (Wildman–Crippen LogP) is 5.10. The van der Waals surface area contributed by atoms with Gasteiger partial charge in [-0.2, -0.15) is 0 Å². The van der Waals surface area contributed by atoms with Crippen molar-refractivity contribution in [2.24, 2.45) is 0 Å². The van der Waals surface area contributed by atoms with Crippen LogP contribution < -0.4 is 14.4 Å². The Morgan fingerprint density at radius 3 is 2.20 bits per heavy atom. The van der Waals surface area contributed by atoms with Crippen molar-refractivity contribution in [3.05, 3.63) is 88.4 Å². The minimum Gasteiger partial charge on any atom is -0.495 e. The van der Waals surface area contributed by atoms with Crippen LogP contribution in [0.15, 0.2) is 71.6 Å². The molecule has 1 atom stereocenters. The number of methoxy groups -OCH3 is 1. The van der Waals surface area contributed by atoms with Gasteiger partial charge in [0.15, 0.2) is 0 Å². The number of halogens is 1. The summed E-state index contributed by atoms with van der Waals surface area (Å²) in [5.74, 6) is -0.517. The van der Waals surface area contributed by atoms with Gasteiger partial charge in [0, 0.05) is 12.6 Å². The van der Waals surface area contributed by atoms with Crippen LogP contribution in [0, 0.1) is 13.8 Å². The van der Waals surface area contributed by atoms with Crippen molar-refractivity contribution in [2.45, 2.75) is 58.1 Å². The lowest BCUT2D eigenvalue weighted by Gasteiger charge is -2.32. The minimum atomic E-state index is -4.19. The lowest BCUT2D eigenvalue weighted by molar-refractivity contribution is -0.139. The Balaban J connectivity index is 2.07. The molecular formula is C30H36ClN3O5S. The third-order valence-electron chi connectivity index (χ3n) is 6.34. The molecule has 0 aromatic heterocycles. The van der Waals surface area contributed by atoms with E-state index in [0.29, 0.717) is 5.75 Å². The molecule has 40 heavy (non-hydrogen) atoms. The standard InChI is InChI=1S/C30H36ClN3O5S/c1-20(2)32-30(36)23(5)33(18-24-9-7-8-22(4)16-24)29(35)19-34(25-12-15-28(39-6)27(31)17-25)40(37,38)26-13-10-21(3)11-14-26/h7-17,20,23H,18-19H2,1-6H3,(H,32,36)/t23-/m1/s1. The molecule has 2 amide bonds. The van der Waals surface area contributed by atoms with E-state index in [1.807, 2.05) is 52.0 Å². The number of carbonyl (C=O) groups is 2. The first-order valence-corrected chi connectivity index (χ1v) is 14.7. The number of hydrogen-bond acceptors (Lipinski definition) is 5. The van der Waals surface area contributed by atoms with Crippen LogP contribution in [0.1, 0.15) is 37.5 Å². The van der Waals surface area contributed by atoms with Gasteiger partial charge in [0.25, 0.3) is 10.0 Å². The molecule has 0 bridgehead atoms. The molecule has 3 aromatic rings. The minimum absolute atomic E-state index is 0.0219. The first kappa shape index (κ1) is 31.0. The van der Waals surface area contributed by atoms with E-state index in [4.69, 9.17) is 16.3 Å². The third-order valence-corrected chi connectivity index (χ3v) is 8.43.